The fourth-order valence-corrected chi connectivity index (χ4v) is 4.16. The topological polar surface area (TPSA) is 143 Å². The molecule has 34 heavy (non-hydrogen) atoms. The van der Waals surface area contributed by atoms with E-state index < -0.39 is 0 Å². The fourth-order valence-electron chi connectivity index (χ4n) is 4.16. The maximum atomic E-state index is 9.70. The van der Waals surface area contributed by atoms with Gasteiger partial charge in [-0.1, -0.05) is 36.4 Å². The Morgan fingerprint density at radius 2 is 0.853 bits per heavy atom. The van der Waals surface area contributed by atoms with E-state index in [4.69, 9.17) is 0 Å². The summed E-state index contributed by atoms with van der Waals surface area (Å²) in [5.41, 5.74) is 4.02. The van der Waals surface area contributed by atoms with Gasteiger partial charge in [-0.05, 0) is 46.6 Å². The number of nitriles is 6. The molecule has 152 valence electrons. The maximum absolute atomic E-state index is 9.70. The van der Waals surface area contributed by atoms with Crippen LogP contribution >= 0.6 is 0 Å². The summed E-state index contributed by atoms with van der Waals surface area (Å²) in [5.74, 6) is 0. The van der Waals surface area contributed by atoms with Crippen LogP contribution in [0.15, 0.2) is 94.1 Å². The number of rotatable bonds is 2. The van der Waals surface area contributed by atoms with Crippen molar-refractivity contribution >= 4 is 11.1 Å². The third-order valence-corrected chi connectivity index (χ3v) is 5.57. The molecular formula is C28H10N6. The summed E-state index contributed by atoms with van der Waals surface area (Å²) in [6.45, 7) is 0. The molecule has 0 atom stereocenters. The standard InChI is InChI=1S/C28H10N6/c29-11-17-5-1-3-7-21(17)23-9-25-26(27(23)19(13-31)14-32)10-24(28(25)20(15-33)16-34)22-8-4-2-6-18(22)12-30/h1-10H. The van der Waals surface area contributed by atoms with Crippen molar-refractivity contribution in [2.75, 3.05) is 0 Å². The molecule has 6 nitrogen and oxygen atoms in total. The quantitative estimate of drug-likeness (QED) is 0.619. The highest BCUT2D eigenvalue weighted by Gasteiger charge is 2.35. The number of hydrogen-bond acceptors (Lipinski definition) is 6. The molecule has 0 bridgehead atoms. The Balaban J connectivity index is 2.09. The Morgan fingerprint density at radius 1 is 0.500 bits per heavy atom. The molecule has 2 aliphatic rings. The zero-order valence-corrected chi connectivity index (χ0v) is 17.5. The molecule has 0 spiro atoms. The molecule has 2 aromatic rings. The highest BCUT2D eigenvalue weighted by Crippen LogP contribution is 2.51. The van der Waals surface area contributed by atoms with Gasteiger partial charge in [0.2, 0.25) is 0 Å². The fraction of sp³-hybridized carbons (Fsp3) is 0. The van der Waals surface area contributed by atoms with Crippen molar-refractivity contribution in [2.45, 2.75) is 0 Å². The van der Waals surface area contributed by atoms with Gasteiger partial charge >= 0.3 is 0 Å². The molecule has 0 aromatic heterocycles. The number of benzene rings is 2. The zero-order chi connectivity index (χ0) is 24.2. The first-order valence-corrected chi connectivity index (χ1v) is 9.90. The first kappa shape index (κ1) is 21.3. The molecule has 0 amide bonds. The van der Waals surface area contributed by atoms with E-state index in [1.54, 1.807) is 60.7 Å². The van der Waals surface area contributed by atoms with Crippen molar-refractivity contribution in [3.05, 3.63) is 116 Å². The van der Waals surface area contributed by atoms with Crippen molar-refractivity contribution in [1.82, 2.24) is 0 Å². The summed E-state index contributed by atoms with van der Waals surface area (Å²) >= 11 is 0. The minimum absolute atomic E-state index is 0.162. The van der Waals surface area contributed by atoms with Gasteiger partial charge in [-0.25, -0.2) is 0 Å². The summed E-state index contributed by atoms with van der Waals surface area (Å²) in [5, 5.41) is 58.0. The van der Waals surface area contributed by atoms with Crippen LogP contribution in [0.2, 0.25) is 0 Å². The highest BCUT2D eigenvalue weighted by molar-refractivity contribution is 6.06. The van der Waals surface area contributed by atoms with Gasteiger partial charge in [0.1, 0.15) is 35.4 Å². The van der Waals surface area contributed by atoms with Crippen LogP contribution in [-0.2, 0) is 0 Å². The molecule has 0 N–H and O–H groups in total. The van der Waals surface area contributed by atoms with Crippen LogP contribution in [-0.4, -0.2) is 0 Å². The van der Waals surface area contributed by atoms with Crippen LogP contribution in [0.1, 0.15) is 22.3 Å². The SMILES string of the molecule is N#CC(C#N)=C1C(c2ccccc2C#N)=CC2=C1C=C(c1ccccc1C#N)C2=C(C#N)C#N. The van der Waals surface area contributed by atoms with E-state index in [2.05, 4.69) is 12.1 Å². The third-order valence-electron chi connectivity index (χ3n) is 5.57. The molecule has 0 fully saturated rings. The van der Waals surface area contributed by atoms with Crippen LogP contribution < -0.4 is 0 Å². The van der Waals surface area contributed by atoms with Gasteiger partial charge in [-0.15, -0.1) is 0 Å². The van der Waals surface area contributed by atoms with E-state index in [-0.39, 0.29) is 11.1 Å². The Hall–Kier alpha value is -5.92. The summed E-state index contributed by atoms with van der Waals surface area (Å²) < 4.78 is 0. The second kappa shape index (κ2) is 8.67. The molecule has 0 heterocycles. The van der Waals surface area contributed by atoms with Gasteiger partial charge in [0.15, 0.2) is 0 Å². The van der Waals surface area contributed by atoms with Crippen LogP contribution in [0.5, 0.6) is 0 Å². The zero-order valence-electron chi connectivity index (χ0n) is 17.5. The van der Waals surface area contributed by atoms with Gasteiger partial charge < -0.3 is 0 Å². The van der Waals surface area contributed by atoms with Gasteiger partial charge in [0, 0.05) is 22.3 Å². The monoisotopic (exact) mass is 430 g/mol. The molecule has 0 aliphatic heterocycles. The first-order chi connectivity index (χ1) is 16.6. The summed E-state index contributed by atoms with van der Waals surface area (Å²) in [6.07, 6.45) is 3.38. The molecule has 0 unspecified atom stereocenters. The van der Waals surface area contributed by atoms with Crippen molar-refractivity contribution in [1.29, 1.82) is 31.6 Å². The lowest BCUT2D eigenvalue weighted by atomic mass is 9.88. The predicted molar refractivity (Wildman–Crippen MR) is 122 cm³/mol. The summed E-state index contributed by atoms with van der Waals surface area (Å²) in [7, 11) is 0. The second-order valence-corrected chi connectivity index (χ2v) is 7.21. The van der Waals surface area contributed by atoms with Gasteiger partial charge in [-0.2, -0.15) is 31.6 Å². The van der Waals surface area contributed by atoms with E-state index in [1.165, 1.54) is 0 Å². The lowest BCUT2D eigenvalue weighted by Gasteiger charge is -2.13. The van der Waals surface area contributed by atoms with E-state index in [1.807, 2.05) is 24.3 Å². The van der Waals surface area contributed by atoms with Crippen LogP contribution in [0.4, 0.5) is 0 Å². The van der Waals surface area contributed by atoms with Crippen molar-refractivity contribution in [3.63, 3.8) is 0 Å². The lowest BCUT2D eigenvalue weighted by Crippen LogP contribution is -1.97. The second-order valence-electron chi connectivity index (χ2n) is 7.21. The Bertz CT molecular complexity index is 1540. The van der Waals surface area contributed by atoms with Crippen LogP contribution in [0, 0.1) is 68.0 Å². The van der Waals surface area contributed by atoms with E-state index in [0.717, 1.165) is 0 Å². The molecule has 4 rings (SSSR count). The lowest BCUT2D eigenvalue weighted by molar-refractivity contribution is 1.41. The van der Waals surface area contributed by atoms with E-state index >= 15 is 0 Å². The highest BCUT2D eigenvalue weighted by atomic mass is 14.4. The Labute approximate surface area is 195 Å². The van der Waals surface area contributed by atoms with Crippen molar-refractivity contribution in [3.8, 4) is 36.4 Å². The van der Waals surface area contributed by atoms with Crippen molar-refractivity contribution in [2.24, 2.45) is 0 Å². The molecule has 2 aromatic carbocycles. The molecule has 6 heteroatoms. The Morgan fingerprint density at radius 3 is 1.18 bits per heavy atom. The first-order valence-electron chi connectivity index (χ1n) is 9.90. The average Bonchev–Trinajstić information content (AvgIpc) is 3.43. The number of allylic oxidation sites excluding steroid dienone is 10. The number of nitrogens with zero attached hydrogens (tertiary/aromatic N) is 6. The maximum Gasteiger partial charge on any atom is 0.138 e. The van der Waals surface area contributed by atoms with Crippen molar-refractivity contribution < 1.29 is 0 Å². The molecule has 0 saturated carbocycles. The van der Waals surface area contributed by atoms with E-state index in [0.29, 0.717) is 55.7 Å². The minimum Gasteiger partial charge on any atom is -0.192 e. The smallest absolute Gasteiger partial charge is 0.138 e. The van der Waals surface area contributed by atoms with Gasteiger partial charge in [0.05, 0.1) is 23.3 Å². The van der Waals surface area contributed by atoms with Gasteiger partial charge in [0.25, 0.3) is 0 Å². The van der Waals surface area contributed by atoms with Crippen LogP contribution in [0.3, 0.4) is 0 Å². The Kier molecular flexibility index (Phi) is 5.44. The van der Waals surface area contributed by atoms with E-state index in [9.17, 15) is 31.6 Å². The minimum atomic E-state index is -0.162. The molecule has 0 radical (unpaired) electrons. The molecular weight excluding hydrogens is 420 g/mol. The molecule has 0 saturated heterocycles. The summed E-state index contributed by atoms with van der Waals surface area (Å²) in [6, 6.07) is 25.6. The van der Waals surface area contributed by atoms with Gasteiger partial charge in [-0.3, -0.25) is 0 Å². The normalized spacial score (nSPS) is 13.2. The largest absolute Gasteiger partial charge is 0.192 e. The predicted octanol–water partition coefficient (Wildman–Crippen LogP) is 4.91. The molecule has 2 aliphatic carbocycles. The number of hydrogen-bond donors (Lipinski definition) is 0. The summed E-state index contributed by atoms with van der Waals surface area (Å²) in [4.78, 5) is 0. The average molecular weight is 430 g/mol. The van der Waals surface area contributed by atoms with Crippen LogP contribution in [0.25, 0.3) is 11.1 Å². The third kappa shape index (κ3) is 3.16.